The lowest BCUT2D eigenvalue weighted by Gasteiger charge is -2.29. The summed E-state index contributed by atoms with van der Waals surface area (Å²) in [5.41, 5.74) is 6.98. The Kier molecular flexibility index (Phi) is 4.58. The zero-order valence-corrected chi connectivity index (χ0v) is 17.5. The first-order chi connectivity index (χ1) is 15.8. The molecule has 0 atom stereocenters. The van der Waals surface area contributed by atoms with E-state index in [1.807, 2.05) is 22.9 Å². The molecule has 1 saturated heterocycles. The van der Waals surface area contributed by atoms with Crippen molar-refractivity contribution in [2.45, 2.75) is 0 Å². The second-order valence-electron chi connectivity index (χ2n) is 8.09. The zero-order valence-electron chi connectivity index (χ0n) is 17.5. The van der Waals surface area contributed by atoms with Crippen LogP contribution < -0.4 is 10.2 Å². The van der Waals surface area contributed by atoms with Crippen LogP contribution in [0, 0.1) is 5.82 Å². The van der Waals surface area contributed by atoms with E-state index in [-0.39, 0.29) is 5.82 Å². The van der Waals surface area contributed by atoms with Gasteiger partial charge >= 0.3 is 0 Å². The Bertz CT molecular complexity index is 1420. The molecule has 1 aliphatic rings. The van der Waals surface area contributed by atoms with Crippen molar-refractivity contribution in [1.82, 2.24) is 19.7 Å². The standard InChI is InChI=1S/C26H22FN5/c27-20-3-6-24-23(16-20)22(7-9-29-24)25-17-30-26-15-19(8-12-32(25)26)18-1-4-21(5-2-18)31-13-10-28-11-14-31/h1-9,12,15-17,28H,10-11,13-14H2. The van der Waals surface area contributed by atoms with Gasteiger partial charge in [-0.2, -0.15) is 0 Å². The second-order valence-corrected chi connectivity index (χ2v) is 8.09. The lowest BCUT2D eigenvalue weighted by molar-refractivity contribution is 0.589. The molecule has 1 fully saturated rings. The summed E-state index contributed by atoms with van der Waals surface area (Å²) in [7, 11) is 0. The van der Waals surface area contributed by atoms with Crippen molar-refractivity contribution < 1.29 is 4.39 Å². The molecule has 3 aromatic heterocycles. The van der Waals surface area contributed by atoms with Crippen molar-refractivity contribution in [3.63, 3.8) is 0 Å². The van der Waals surface area contributed by atoms with Gasteiger partial charge < -0.3 is 10.2 Å². The van der Waals surface area contributed by atoms with E-state index in [0.29, 0.717) is 0 Å². The number of benzene rings is 2. The number of nitrogens with one attached hydrogen (secondary N) is 1. The Morgan fingerprint density at radius 1 is 0.844 bits per heavy atom. The minimum absolute atomic E-state index is 0.271. The summed E-state index contributed by atoms with van der Waals surface area (Å²) >= 11 is 0. The topological polar surface area (TPSA) is 45.5 Å². The van der Waals surface area contributed by atoms with Crippen LogP contribution in [0.3, 0.4) is 0 Å². The number of nitrogens with zero attached hydrogens (tertiary/aromatic N) is 4. The summed E-state index contributed by atoms with van der Waals surface area (Å²) in [4.78, 5) is 11.4. The van der Waals surface area contributed by atoms with Gasteiger partial charge in [0.15, 0.2) is 0 Å². The van der Waals surface area contributed by atoms with Crippen LogP contribution in [0.1, 0.15) is 0 Å². The van der Waals surface area contributed by atoms with Gasteiger partial charge in [-0.15, -0.1) is 0 Å². The molecule has 0 radical (unpaired) electrons. The lowest BCUT2D eigenvalue weighted by Crippen LogP contribution is -2.43. The van der Waals surface area contributed by atoms with Crippen molar-refractivity contribution in [2.75, 3.05) is 31.1 Å². The molecule has 0 unspecified atom stereocenters. The fourth-order valence-electron chi connectivity index (χ4n) is 4.49. The largest absolute Gasteiger partial charge is 0.369 e. The van der Waals surface area contributed by atoms with Crippen LogP contribution in [0.4, 0.5) is 10.1 Å². The zero-order chi connectivity index (χ0) is 21.5. The molecule has 2 aromatic carbocycles. The quantitative estimate of drug-likeness (QED) is 0.454. The number of rotatable bonds is 3. The summed E-state index contributed by atoms with van der Waals surface area (Å²) in [6.07, 6.45) is 5.62. The molecule has 0 bridgehead atoms. The highest BCUT2D eigenvalue weighted by molar-refractivity contribution is 5.94. The van der Waals surface area contributed by atoms with Gasteiger partial charge in [0.1, 0.15) is 11.5 Å². The highest BCUT2D eigenvalue weighted by Gasteiger charge is 2.13. The van der Waals surface area contributed by atoms with E-state index in [2.05, 4.69) is 56.6 Å². The highest BCUT2D eigenvalue weighted by atomic mass is 19.1. The van der Waals surface area contributed by atoms with E-state index in [1.165, 1.54) is 17.8 Å². The third-order valence-corrected chi connectivity index (χ3v) is 6.18. The molecule has 6 heteroatoms. The summed E-state index contributed by atoms with van der Waals surface area (Å²) in [5, 5.41) is 4.17. The predicted octanol–water partition coefficient (Wildman–Crippen LogP) is 4.77. The number of aromatic nitrogens is 3. The molecular formula is C26H22FN5. The van der Waals surface area contributed by atoms with Crippen LogP contribution in [0.15, 0.2) is 79.3 Å². The van der Waals surface area contributed by atoms with Gasteiger partial charge in [0.25, 0.3) is 0 Å². The average Bonchev–Trinajstić information content (AvgIpc) is 3.27. The second kappa shape index (κ2) is 7.73. The van der Waals surface area contributed by atoms with Crippen molar-refractivity contribution in [1.29, 1.82) is 0 Å². The number of imidazole rings is 1. The van der Waals surface area contributed by atoms with E-state index < -0.39 is 0 Å². The van der Waals surface area contributed by atoms with Gasteiger partial charge in [0, 0.05) is 55.2 Å². The van der Waals surface area contributed by atoms with Gasteiger partial charge in [0.05, 0.1) is 17.4 Å². The van der Waals surface area contributed by atoms with Crippen LogP contribution in [0.5, 0.6) is 0 Å². The number of pyridine rings is 2. The summed E-state index contributed by atoms with van der Waals surface area (Å²) in [5.74, 6) is -0.271. The molecule has 1 aliphatic heterocycles. The molecular weight excluding hydrogens is 401 g/mol. The lowest BCUT2D eigenvalue weighted by atomic mass is 10.1. The number of hydrogen-bond donors (Lipinski definition) is 1. The number of hydrogen-bond acceptors (Lipinski definition) is 4. The molecule has 0 aliphatic carbocycles. The molecule has 1 N–H and O–H groups in total. The van der Waals surface area contributed by atoms with Crippen LogP contribution >= 0.6 is 0 Å². The Labute approximate surface area is 185 Å². The maximum Gasteiger partial charge on any atom is 0.137 e. The third-order valence-electron chi connectivity index (χ3n) is 6.18. The molecule has 0 amide bonds. The van der Waals surface area contributed by atoms with E-state index in [0.717, 1.165) is 65.1 Å². The monoisotopic (exact) mass is 423 g/mol. The van der Waals surface area contributed by atoms with Gasteiger partial charge in [-0.3, -0.25) is 9.38 Å². The fourth-order valence-corrected chi connectivity index (χ4v) is 4.49. The summed E-state index contributed by atoms with van der Waals surface area (Å²) in [6.45, 7) is 4.13. The molecule has 5 aromatic rings. The Morgan fingerprint density at radius 3 is 2.53 bits per heavy atom. The first-order valence-electron chi connectivity index (χ1n) is 10.8. The van der Waals surface area contributed by atoms with E-state index in [1.54, 1.807) is 12.3 Å². The molecule has 0 saturated carbocycles. The average molecular weight is 423 g/mol. The van der Waals surface area contributed by atoms with Crippen molar-refractivity contribution in [3.8, 4) is 22.4 Å². The highest BCUT2D eigenvalue weighted by Crippen LogP contribution is 2.30. The van der Waals surface area contributed by atoms with Crippen molar-refractivity contribution in [3.05, 3.63) is 85.1 Å². The van der Waals surface area contributed by atoms with E-state index in [4.69, 9.17) is 0 Å². The first-order valence-corrected chi connectivity index (χ1v) is 10.8. The summed E-state index contributed by atoms with van der Waals surface area (Å²) in [6, 6.07) is 19.5. The van der Waals surface area contributed by atoms with Gasteiger partial charge in [0.2, 0.25) is 0 Å². The van der Waals surface area contributed by atoms with Crippen molar-refractivity contribution in [2.24, 2.45) is 0 Å². The van der Waals surface area contributed by atoms with Crippen LogP contribution in [-0.2, 0) is 0 Å². The number of halogens is 1. The van der Waals surface area contributed by atoms with Crippen molar-refractivity contribution >= 4 is 22.2 Å². The number of anilines is 1. The number of piperazine rings is 1. The van der Waals surface area contributed by atoms with E-state index in [9.17, 15) is 4.39 Å². The Balaban J connectivity index is 1.36. The molecule has 6 rings (SSSR count). The molecule has 4 heterocycles. The SMILES string of the molecule is Fc1ccc2nccc(-c3cnc4cc(-c5ccc(N6CCNCC6)cc5)ccn34)c2c1. The molecule has 32 heavy (non-hydrogen) atoms. The summed E-state index contributed by atoms with van der Waals surface area (Å²) < 4.78 is 15.9. The van der Waals surface area contributed by atoms with Gasteiger partial charge in [-0.1, -0.05) is 12.1 Å². The van der Waals surface area contributed by atoms with Gasteiger partial charge in [-0.05, 0) is 59.7 Å². The predicted molar refractivity (Wildman–Crippen MR) is 126 cm³/mol. The molecule has 158 valence electrons. The molecule has 0 spiro atoms. The number of fused-ring (bicyclic) bond motifs is 2. The Hall–Kier alpha value is -3.77. The minimum Gasteiger partial charge on any atom is -0.369 e. The maximum absolute atomic E-state index is 13.9. The Morgan fingerprint density at radius 2 is 1.69 bits per heavy atom. The fraction of sp³-hybridized carbons (Fsp3) is 0.154. The first kappa shape index (κ1) is 19.0. The van der Waals surface area contributed by atoms with E-state index >= 15 is 0 Å². The van der Waals surface area contributed by atoms with Crippen LogP contribution in [0.25, 0.3) is 38.9 Å². The van der Waals surface area contributed by atoms with Gasteiger partial charge in [-0.25, -0.2) is 9.37 Å². The normalized spacial score (nSPS) is 14.3. The van der Waals surface area contributed by atoms with Crippen LogP contribution in [-0.4, -0.2) is 40.5 Å². The minimum atomic E-state index is -0.271. The third kappa shape index (κ3) is 3.29. The van der Waals surface area contributed by atoms with Crippen LogP contribution in [0.2, 0.25) is 0 Å². The smallest absolute Gasteiger partial charge is 0.137 e. The maximum atomic E-state index is 13.9. The molecule has 5 nitrogen and oxygen atoms in total.